The lowest BCUT2D eigenvalue weighted by molar-refractivity contribution is -0.122. The minimum Gasteiger partial charge on any atom is -0.361 e. The lowest BCUT2D eigenvalue weighted by Gasteiger charge is -2.19. The highest BCUT2D eigenvalue weighted by Crippen LogP contribution is 2.21. The fourth-order valence-corrected chi connectivity index (χ4v) is 5.65. The molecular weight excluding hydrogens is 434 g/mol. The van der Waals surface area contributed by atoms with Crippen LogP contribution in [0.5, 0.6) is 0 Å². The Bertz CT molecular complexity index is 1260. The van der Waals surface area contributed by atoms with E-state index in [0.29, 0.717) is 6.54 Å². The molecule has 0 saturated heterocycles. The van der Waals surface area contributed by atoms with E-state index in [1.807, 2.05) is 43.5 Å². The van der Waals surface area contributed by atoms with Crippen LogP contribution in [0.3, 0.4) is 0 Å². The normalized spacial score (nSPS) is 15.2. The lowest BCUT2D eigenvalue weighted by atomic mass is 9.97. The Morgan fingerprint density at radius 3 is 2.76 bits per heavy atom. The maximum absolute atomic E-state index is 13.2. The molecule has 1 aliphatic carbocycles. The van der Waals surface area contributed by atoms with Crippen LogP contribution in [0.4, 0.5) is 0 Å². The third kappa shape index (κ3) is 5.92. The number of aromatic nitrogens is 1. The number of aryl methyl sites for hydroxylation is 1. The number of hydrogen-bond donors (Lipinski definition) is 3. The number of carbonyl (C=O) groups excluding carboxylic acids is 1. The second-order valence-corrected chi connectivity index (χ2v) is 10.4. The summed E-state index contributed by atoms with van der Waals surface area (Å²) >= 11 is 0. The molecule has 0 spiro atoms. The van der Waals surface area contributed by atoms with Crippen LogP contribution in [-0.4, -0.2) is 31.9 Å². The molecule has 0 fully saturated rings. The monoisotopic (exact) mass is 465 g/mol. The van der Waals surface area contributed by atoms with Gasteiger partial charge in [0.15, 0.2) is 0 Å². The molecule has 1 amide bonds. The second-order valence-electron chi connectivity index (χ2n) is 8.70. The van der Waals surface area contributed by atoms with Gasteiger partial charge in [-0.25, -0.2) is 8.42 Å². The number of aromatic amines is 1. The number of hydrogen-bond acceptors (Lipinski definition) is 3. The Kier molecular flexibility index (Phi) is 7.30. The fraction of sp³-hybridized carbons (Fsp3) is 0.346. The molecular formula is C26H31N3O3S. The van der Waals surface area contributed by atoms with Gasteiger partial charge < -0.3 is 10.3 Å². The van der Waals surface area contributed by atoms with Crippen molar-refractivity contribution in [2.75, 3.05) is 6.54 Å². The molecule has 1 atom stereocenters. The minimum atomic E-state index is -3.86. The quantitative estimate of drug-likeness (QED) is 0.410. The van der Waals surface area contributed by atoms with Gasteiger partial charge in [-0.3, -0.25) is 4.79 Å². The van der Waals surface area contributed by atoms with Crippen molar-refractivity contribution in [3.63, 3.8) is 0 Å². The topological polar surface area (TPSA) is 91.1 Å². The van der Waals surface area contributed by atoms with Gasteiger partial charge in [0, 0.05) is 23.6 Å². The van der Waals surface area contributed by atoms with E-state index in [-0.39, 0.29) is 17.2 Å². The van der Waals surface area contributed by atoms with Crippen molar-refractivity contribution in [3.05, 3.63) is 77.5 Å². The average Bonchev–Trinajstić information content (AvgIpc) is 3.22. The molecule has 0 bridgehead atoms. The van der Waals surface area contributed by atoms with E-state index in [4.69, 9.17) is 0 Å². The Morgan fingerprint density at radius 1 is 1.12 bits per heavy atom. The first-order valence-corrected chi connectivity index (χ1v) is 13.0. The molecule has 0 radical (unpaired) electrons. The summed E-state index contributed by atoms with van der Waals surface area (Å²) in [5.74, 6) is -0.312. The summed E-state index contributed by atoms with van der Waals surface area (Å²) in [7, 11) is -3.86. The Balaban J connectivity index is 1.53. The molecule has 1 aromatic heterocycles. The molecule has 2 aromatic carbocycles. The van der Waals surface area contributed by atoms with Crippen LogP contribution in [0.1, 0.15) is 43.2 Å². The van der Waals surface area contributed by atoms with E-state index in [9.17, 15) is 13.2 Å². The second kappa shape index (κ2) is 10.4. The van der Waals surface area contributed by atoms with Gasteiger partial charge in [0.1, 0.15) is 6.04 Å². The van der Waals surface area contributed by atoms with Crippen molar-refractivity contribution >= 4 is 26.8 Å². The van der Waals surface area contributed by atoms with Gasteiger partial charge in [-0.15, -0.1) is 0 Å². The molecule has 7 heteroatoms. The molecule has 33 heavy (non-hydrogen) atoms. The number of para-hydroxylation sites is 1. The summed E-state index contributed by atoms with van der Waals surface area (Å²) in [5, 5.41) is 3.94. The Morgan fingerprint density at radius 2 is 1.97 bits per heavy atom. The van der Waals surface area contributed by atoms with Gasteiger partial charge in [-0.05, 0) is 74.8 Å². The number of fused-ring (bicyclic) bond motifs is 1. The third-order valence-corrected chi connectivity index (χ3v) is 7.61. The Hall–Kier alpha value is -2.90. The maximum Gasteiger partial charge on any atom is 0.241 e. The number of rotatable bonds is 9. The van der Waals surface area contributed by atoms with Crippen molar-refractivity contribution in [2.24, 2.45) is 0 Å². The number of amides is 1. The molecule has 0 unspecified atom stereocenters. The van der Waals surface area contributed by atoms with E-state index in [1.165, 1.54) is 18.4 Å². The first-order valence-electron chi connectivity index (χ1n) is 11.5. The number of H-pyrrole nitrogens is 1. The maximum atomic E-state index is 13.2. The molecule has 4 rings (SSSR count). The molecule has 3 aromatic rings. The van der Waals surface area contributed by atoms with Crippen molar-refractivity contribution in [3.8, 4) is 0 Å². The highest BCUT2D eigenvalue weighted by Gasteiger charge is 2.27. The van der Waals surface area contributed by atoms with Crippen molar-refractivity contribution < 1.29 is 13.2 Å². The van der Waals surface area contributed by atoms with E-state index < -0.39 is 16.1 Å². The van der Waals surface area contributed by atoms with Crippen LogP contribution in [0.2, 0.25) is 0 Å². The lowest BCUT2D eigenvalue weighted by Crippen LogP contribution is -2.48. The molecule has 174 valence electrons. The number of allylic oxidation sites excluding steroid dienone is 1. The van der Waals surface area contributed by atoms with Gasteiger partial charge in [0.2, 0.25) is 15.9 Å². The predicted octanol–water partition coefficient (Wildman–Crippen LogP) is 4.37. The van der Waals surface area contributed by atoms with E-state index in [1.54, 1.807) is 18.2 Å². The molecule has 0 aliphatic heterocycles. The van der Waals surface area contributed by atoms with Crippen molar-refractivity contribution in [1.29, 1.82) is 0 Å². The fourth-order valence-electron chi connectivity index (χ4n) is 4.35. The van der Waals surface area contributed by atoms with Gasteiger partial charge >= 0.3 is 0 Å². The van der Waals surface area contributed by atoms with E-state index >= 15 is 0 Å². The highest BCUT2D eigenvalue weighted by atomic mass is 32.2. The zero-order valence-corrected chi connectivity index (χ0v) is 19.8. The summed E-state index contributed by atoms with van der Waals surface area (Å²) in [6, 6.07) is 13.6. The summed E-state index contributed by atoms with van der Waals surface area (Å²) < 4.78 is 28.9. The van der Waals surface area contributed by atoms with Crippen LogP contribution in [0.25, 0.3) is 10.9 Å². The molecule has 1 heterocycles. The first-order chi connectivity index (χ1) is 15.9. The van der Waals surface area contributed by atoms with Crippen LogP contribution in [-0.2, 0) is 21.2 Å². The van der Waals surface area contributed by atoms with E-state index in [2.05, 4.69) is 21.1 Å². The summed E-state index contributed by atoms with van der Waals surface area (Å²) in [4.78, 5) is 16.5. The number of carbonyl (C=O) groups is 1. The summed E-state index contributed by atoms with van der Waals surface area (Å²) in [5.41, 5.74) is 4.07. The van der Waals surface area contributed by atoms with Gasteiger partial charge in [0.25, 0.3) is 0 Å². The van der Waals surface area contributed by atoms with Gasteiger partial charge in [-0.2, -0.15) is 4.72 Å². The van der Waals surface area contributed by atoms with Crippen LogP contribution < -0.4 is 10.0 Å². The molecule has 3 N–H and O–H groups in total. The van der Waals surface area contributed by atoms with Crippen LogP contribution in [0, 0.1) is 6.92 Å². The van der Waals surface area contributed by atoms with Gasteiger partial charge in [0.05, 0.1) is 4.90 Å². The summed E-state index contributed by atoms with van der Waals surface area (Å²) in [6.07, 6.45) is 9.76. The molecule has 6 nitrogen and oxygen atoms in total. The number of sulfonamides is 1. The number of nitrogens with one attached hydrogen (secondary N) is 3. The average molecular weight is 466 g/mol. The summed E-state index contributed by atoms with van der Waals surface area (Å²) in [6.45, 7) is 2.34. The van der Waals surface area contributed by atoms with Crippen LogP contribution in [0.15, 0.2) is 71.3 Å². The SMILES string of the molecule is Cc1cccc(S(=O)(=O)N[C@@H](Cc2c[nH]c3ccccc23)C(=O)NCCC2=CCCCC2)c1. The zero-order chi connectivity index (χ0) is 23.3. The van der Waals surface area contributed by atoms with Gasteiger partial charge in [-0.1, -0.05) is 42.0 Å². The Labute approximate surface area is 195 Å². The minimum absolute atomic E-state index is 0.159. The predicted molar refractivity (Wildman–Crippen MR) is 131 cm³/mol. The first kappa shape index (κ1) is 23.3. The van der Waals surface area contributed by atoms with Crippen molar-refractivity contribution in [2.45, 2.75) is 56.4 Å². The molecule has 0 saturated carbocycles. The highest BCUT2D eigenvalue weighted by molar-refractivity contribution is 7.89. The largest absolute Gasteiger partial charge is 0.361 e. The number of benzene rings is 2. The van der Waals surface area contributed by atoms with Crippen LogP contribution >= 0.6 is 0 Å². The molecule has 1 aliphatic rings. The third-order valence-electron chi connectivity index (χ3n) is 6.14. The standard InChI is InChI=1S/C26H31N3O3S/c1-19-8-7-11-22(16-19)33(31,32)29-25(17-21-18-28-24-13-6-5-12-23(21)24)26(30)27-15-14-20-9-3-2-4-10-20/h5-9,11-13,16,18,25,28-29H,2-4,10,14-15,17H2,1H3,(H,27,30)/t25-/m0/s1. The van der Waals surface area contributed by atoms with Crippen molar-refractivity contribution in [1.82, 2.24) is 15.0 Å². The zero-order valence-electron chi connectivity index (χ0n) is 18.9. The van der Waals surface area contributed by atoms with E-state index in [0.717, 1.165) is 41.3 Å². The smallest absolute Gasteiger partial charge is 0.241 e.